The average Bonchev–Trinajstić information content (AvgIpc) is 2.69. The number of rotatable bonds is 6. The van der Waals surface area contributed by atoms with Gasteiger partial charge >= 0.3 is 6.09 Å². The van der Waals surface area contributed by atoms with Crippen LogP contribution in [0.4, 0.5) is 33.7 Å². The maximum atomic E-state index is 15.6. The van der Waals surface area contributed by atoms with Gasteiger partial charge in [-0.05, 0) is 59.8 Å². The topological polar surface area (TPSA) is 84.7 Å². The molecular formula is C24H26F4IN3O3. The van der Waals surface area contributed by atoms with Crippen molar-refractivity contribution < 1.29 is 31.9 Å². The third kappa shape index (κ3) is 5.65. The molecule has 1 saturated heterocycles. The SMILES string of the molecule is CC(C)(C)C(C)(CC1(F)CN(C(=O)c2ccc(F)c(F)c2Nc2ccc(I)cc2F)C1)OC(N)=O. The van der Waals surface area contributed by atoms with Crippen LogP contribution in [0.15, 0.2) is 30.3 Å². The van der Waals surface area contributed by atoms with Crippen LogP contribution in [-0.2, 0) is 4.74 Å². The lowest BCUT2D eigenvalue weighted by molar-refractivity contribution is -0.120. The summed E-state index contributed by atoms with van der Waals surface area (Å²) in [4.78, 5) is 25.6. The number of nitrogens with zero attached hydrogens (tertiary/aromatic N) is 1. The number of anilines is 2. The van der Waals surface area contributed by atoms with Crippen LogP contribution in [0.25, 0.3) is 0 Å². The second-order valence-corrected chi connectivity index (χ2v) is 11.2. The van der Waals surface area contributed by atoms with Crippen molar-refractivity contribution >= 4 is 46.0 Å². The Morgan fingerprint density at radius 3 is 2.29 bits per heavy atom. The standard InChI is InChI=1S/C24H26F4IN3O3/c1-22(2,3)23(4,35-21(30)34)10-24(28)11-32(12-24)20(33)14-6-7-15(25)18(27)19(14)31-17-8-5-13(29)9-16(17)26/h5-9,31H,10-12H2,1-4H3,(H2,30,34). The average molecular weight is 607 g/mol. The van der Waals surface area contributed by atoms with E-state index in [1.807, 2.05) is 22.6 Å². The van der Waals surface area contributed by atoms with Crippen LogP contribution in [0.2, 0.25) is 0 Å². The van der Waals surface area contributed by atoms with E-state index < -0.39 is 51.8 Å². The maximum Gasteiger partial charge on any atom is 0.405 e. The summed E-state index contributed by atoms with van der Waals surface area (Å²) in [6.45, 7) is 6.14. The number of carbonyl (C=O) groups is 2. The second kappa shape index (κ2) is 9.47. The predicted molar refractivity (Wildman–Crippen MR) is 132 cm³/mol. The molecule has 0 aliphatic carbocycles. The smallest absolute Gasteiger partial charge is 0.405 e. The van der Waals surface area contributed by atoms with E-state index in [1.54, 1.807) is 33.8 Å². The fraction of sp³-hybridized carbons (Fsp3) is 0.417. The lowest BCUT2D eigenvalue weighted by Gasteiger charge is -2.51. The van der Waals surface area contributed by atoms with Gasteiger partial charge in [-0.2, -0.15) is 0 Å². The molecule has 190 valence electrons. The highest BCUT2D eigenvalue weighted by Gasteiger charge is 2.54. The van der Waals surface area contributed by atoms with Crippen LogP contribution in [0.3, 0.4) is 0 Å². The largest absolute Gasteiger partial charge is 0.443 e. The molecule has 3 rings (SSSR count). The van der Waals surface area contributed by atoms with Crippen LogP contribution < -0.4 is 11.1 Å². The van der Waals surface area contributed by atoms with E-state index in [1.165, 1.54) is 12.1 Å². The number of nitrogens with one attached hydrogen (secondary N) is 1. The normalized spacial score (nSPS) is 16.8. The summed E-state index contributed by atoms with van der Waals surface area (Å²) < 4.78 is 64.3. The van der Waals surface area contributed by atoms with Gasteiger partial charge in [-0.15, -0.1) is 0 Å². The first kappa shape index (κ1) is 27.0. The van der Waals surface area contributed by atoms with Crippen molar-refractivity contribution in [2.45, 2.75) is 45.4 Å². The van der Waals surface area contributed by atoms with Gasteiger partial charge in [0, 0.05) is 15.4 Å². The highest BCUT2D eigenvalue weighted by molar-refractivity contribution is 14.1. The molecule has 1 atom stereocenters. The first-order valence-corrected chi connectivity index (χ1v) is 11.8. The van der Waals surface area contributed by atoms with Crippen LogP contribution in [-0.4, -0.2) is 41.3 Å². The number of nitrogens with two attached hydrogens (primary N) is 1. The minimum Gasteiger partial charge on any atom is -0.443 e. The summed E-state index contributed by atoms with van der Waals surface area (Å²) in [5.74, 6) is -4.08. The van der Waals surface area contributed by atoms with Gasteiger partial charge in [0.15, 0.2) is 11.6 Å². The molecule has 0 saturated carbocycles. The lowest BCUT2D eigenvalue weighted by atomic mass is 9.70. The zero-order valence-electron chi connectivity index (χ0n) is 19.6. The first-order chi connectivity index (χ1) is 16.0. The number of benzene rings is 2. The first-order valence-electron chi connectivity index (χ1n) is 10.7. The molecular weight excluding hydrogens is 581 g/mol. The van der Waals surface area contributed by atoms with E-state index in [0.29, 0.717) is 3.57 Å². The maximum absolute atomic E-state index is 15.6. The van der Waals surface area contributed by atoms with Crippen molar-refractivity contribution in [2.75, 3.05) is 18.4 Å². The second-order valence-electron chi connectivity index (χ2n) is 9.92. The molecule has 0 spiro atoms. The molecule has 6 nitrogen and oxygen atoms in total. The van der Waals surface area contributed by atoms with Crippen LogP contribution in [0.1, 0.15) is 44.5 Å². The number of likely N-dealkylation sites (tertiary alicyclic amines) is 1. The zero-order valence-corrected chi connectivity index (χ0v) is 21.8. The molecule has 1 aliphatic rings. The summed E-state index contributed by atoms with van der Waals surface area (Å²) in [5, 5.41) is 2.46. The number of hydrogen-bond acceptors (Lipinski definition) is 4. The third-order valence-electron chi connectivity index (χ3n) is 6.32. The van der Waals surface area contributed by atoms with Gasteiger partial charge in [-0.25, -0.2) is 22.4 Å². The number of primary amides is 1. The van der Waals surface area contributed by atoms with E-state index in [9.17, 15) is 22.8 Å². The van der Waals surface area contributed by atoms with Crippen molar-refractivity contribution in [3.05, 3.63) is 56.9 Å². The number of hydrogen-bond donors (Lipinski definition) is 2. The van der Waals surface area contributed by atoms with Crippen molar-refractivity contribution in [3.63, 3.8) is 0 Å². The Labute approximate surface area is 214 Å². The Balaban J connectivity index is 1.84. The monoisotopic (exact) mass is 607 g/mol. The lowest BCUT2D eigenvalue weighted by Crippen LogP contribution is -2.65. The summed E-state index contributed by atoms with van der Waals surface area (Å²) >= 11 is 1.89. The molecule has 0 bridgehead atoms. The molecule has 2 aromatic carbocycles. The van der Waals surface area contributed by atoms with Crippen LogP contribution >= 0.6 is 22.6 Å². The van der Waals surface area contributed by atoms with Gasteiger partial charge in [-0.1, -0.05) is 20.8 Å². The van der Waals surface area contributed by atoms with Crippen molar-refractivity contribution in [1.82, 2.24) is 4.90 Å². The van der Waals surface area contributed by atoms with Crippen molar-refractivity contribution in [1.29, 1.82) is 0 Å². The van der Waals surface area contributed by atoms with E-state index in [-0.39, 0.29) is 30.8 Å². The minimum absolute atomic E-state index is 0.156. The molecule has 35 heavy (non-hydrogen) atoms. The number of alkyl halides is 1. The summed E-state index contributed by atoms with van der Waals surface area (Å²) in [6.07, 6.45) is -1.27. The van der Waals surface area contributed by atoms with E-state index in [2.05, 4.69) is 5.32 Å². The highest BCUT2D eigenvalue weighted by atomic mass is 127. The quantitative estimate of drug-likeness (QED) is 0.316. The minimum atomic E-state index is -1.90. The van der Waals surface area contributed by atoms with Gasteiger partial charge in [0.05, 0.1) is 30.0 Å². The molecule has 1 fully saturated rings. The Hall–Kier alpha value is -2.57. The van der Waals surface area contributed by atoms with E-state index >= 15 is 4.39 Å². The Kier molecular flexibility index (Phi) is 7.31. The molecule has 0 aromatic heterocycles. The molecule has 1 heterocycles. The zero-order chi connectivity index (χ0) is 26.3. The number of halogens is 5. The predicted octanol–water partition coefficient (Wildman–Crippen LogP) is 5.91. The number of ether oxygens (including phenoxy) is 1. The molecule has 1 aliphatic heterocycles. The Morgan fingerprint density at radius 2 is 1.74 bits per heavy atom. The highest BCUT2D eigenvalue weighted by Crippen LogP contribution is 2.44. The summed E-state index contributed by atoms with van der Waals surface area (Å²) in [5.41, 5.74) is 0.360. The molecule has 1 unspecified atom stereocenters. The van der Waals surface area contributed by atoms with Crippen molar-refractivity contribution in [3.8, 4) is 0 Å². The van der Waals surface area contributed by atoms with Crippen LogP contribution in [0.5, 0.6) is 0 Å². The molecule has 0 radical (unpaired) electrons. The third-order valence-corrected chi connectivity index (χ3v) is 6.99. The fourth-order valence-electron chi connectivity index (χ4n) is 3.92. The van der Waals surface area contributed by atoms with Crippen molar-refractivity contribution in [2.24, 2.45) is 11.1 Å². The van der Waals surface area contributed by atoms with Gasteiger partial charge in [0.25, 0.3) is 5.91 Å². The van der Waals surface area contributed by atoms with Gasteiger partial charge < -0.3 is 20.7 Å². The number of carbonyl (C=O) groups excluding carboxylic acids is 2. The summed E-state index contributed by atoms with van der Waals surface area (Å²) in [7, 11) is 0. The molecule has 2 aromatic rings. The fourth-order valence-corrected chi connectivity index (χ4v) is 4.37. The van der Waals surface area contributed by atoms with E-state index in [0.717, 1.165) is 17.0 Å². The van der Waals surface area contributed by atoms with E-state index in [4.69, 9.17) is 10.5 Å². The van der Waals surface area contributed by atoms with Gasteiger partial charge in [-0.3, -0.25) is 4.79 Å². The molecule has 2 amide bonds. The number of amides is 2. The van der Waals surface area contributed by atoms with Gasteiger partial charge in [0.1, 0.15) is 17.1 Å². The molecule has 3 N–H and O–H groups in total. The van der Waals surface area contributed by atoms with Gasteiger partial charge in [0.2, 0.25) is 0 Å². The Bertz CT molecular complexity index is 1170. The van der Waals surface area contributed by atoms with Crippen LogP contribution in [0, 0.1) is 26.4 Å². The Morgan fingerprint density at radius 1 is 1.11 bits per heavy atom. The summed E-state index contributed by atoms with van der Waals surface area (Å²) in [6, 6.07) is 5.91. The molecule has 11 heteroatoms.